The summed E-state index contributed by atoms with van der Waals surface area (Å²) in [6.07, 6.45) is -0.694. The maximum atomic E-state index is 12.5. The monoisotopic (exact) mass is 119 g/mol. The zero-order valence-corrected chi connectivity index (χ0v) is 5.74. The fourth-order valence-corrected chi connectivity index (χ4v) is 0.431. The summed E-state index contributed by atoms with van der Waals surface area (Å²) in [4.78, 5) is 0. The van der Waals surface area contributed by atoms with Crippen molar-refractivity contribution in [2.24, 2.45) is 5.92 Å². The number of hydrogen-bond donors (Lipinski definition) is 1. The largest absolute Gasteiger partial charge is 0.317 e. The standard InChI is InChI=1S/C6H14FN/c1-5(2)6(7)4-8-3/h5-6,8H,4H2,1-3H3. The average Bonchev–Trinajstić information content (AvgIpc) is 1.67. The molecule has 0 aliphatic carbocycles. The third-order valence-electron chi connectivity index (χ3n) is 1.12. The minimum absolute atomic E-state index is 0.141. The van der Waals surface area contributed by atoms with Gasteiger partial charge in [-0.1, -0.05) is 13.8 Å². The zero-order valence-electron chi connectivity index (χ0n) is 5.74. The highest BCUT2D eigenvalue weighted by Crippen LogP contribution is 2.03. The summed E-state index contributed by atoms with van der Waals surface area (Å²) >= 11 is 0. The smallest absolute Gasteiger partial charge is 0.115 e. The van der Waals surface area contributed by atoms with Gasteiger partial charge < -0.3 is 5.32 Å². The van der Waals surface area contributed by atoms with Crippen molar-refractivity contribution in [3.8, 4) is 0 Å². The summed E-state index contributed by atoms with van der Waals surface area (Å²) in [6, 6.07) is 0. The Morgan fingerprint density at radius 2 is 2.00 bits per heavy atom. The zero-order chi connectivity index (χ0) is 6.57. The van der Waals surface area contributed by atoms with Crippen molar-refractivity contribution < 1.29 is 4.39 Å². The molecule has 2 heteroatoms. The van der Waals surface area contributed by atoms with Crippen LogP contribution in [-0.2, 0) is 0 Å². The van der Waals surface area contributed by atoms with Crippen LogP contribution in [0.4, 0.5) is 4.39 Å². The van der Waals surface area contributed by atoms with Crippen molar-refractivity contribution >= 4 is 0 Å². The predicted molar refractivity (Wildman–Crippen MR) is 33.7 cm³/mol. The lowest BCUT2D eigenvalue weighted by molar-refractivity contribution is 0.251. The maximum Gasteiger partial charge on any atom is 0.115 e. The van der Waals surface area contributed by atoms with Gasteiger partial charge in [-0.25, -0.2) is 4.39 Å². The summed E-state index contributed by atoms with van der Waals surface area (Å²) in [6.45, 7) is 4.22. The first-order valence-electron chi connectivity index (χ1n) is 2.97. The van der Waals surface area contributed by atoms with Gasteiger partial charge in [0.25, 0.3) is 0 Å². The Bertz CT molecular complexity index is 54.5. The molecule has 0 saturated carbocycles. The normalized spacial score (nSPS) is 14.6. The van der Waals surface area contributed by atoms with E-state index in [1.165, 1.54) is 0 Å². The second-order valence-corrected chi connectivity index (χ2v) is 2.32. The van der Waals surface area contributed by atoms with Crippen LogP contribution in [0.2, 0.25) is 0 Å². The number of rotatable bonds is 3. The molecule has 50 valence electrons. The molecule has 0 aromatic carbocycles. The Hall–Kier alpha value is -0.110. The number of nitrogens with one attached hydrogen (secondary N) is 1. The van der Waals surface area contributed by atoms with Crippen LogP contribution < -0.4 is 5.32 Å². The molecule has 0 heterocycles. The molecule has 1 N–H and O–H groups in total. The molecule has 0 amide bonds. The molecule has 1 atom stereocenters. The molecule has 0 saturated heterocycles. The van der Waals surface area contributed by atoms with Crippen LogP contribution in [0, 0.1) is 5.92 Å². The summed E-state index contributed by atoms with van der Waals surface area (Å²) in [5.74, 6) is 0.141. The van der Waals surface area contributed by atoms with Crippen LogP contribution in [-0.4, -0.2) is 19.8 Å². The van der Waals surface area contributed by atoms with Crippen LogP contribution in [0.1, 0.15) is 13.8 Å². The molecule has 0 aromatic rings. The summed E-state index contributed by atoms with van der Waals surface area (Å²) < 4.78 is 12.5. The summed E-state index contributed by atoms with van der Waals surface area (Å²) in [5.41, 5.74) is 0. The highest BCUT2D eigenvalue weighted by molar-refractivity contribution is 4.60. The Labute approximate surface area is 50.3 Å². The molecule has 1 unspecified atom stereocenters. The minimum atomic E-state index is -0.694. The van der Waals surface area contributed by atoms with E-state index in [4.69, 9.17) is 0 Å². The van der Waals surface area contributed by atoms with Gasteiger partial charge in [0.1, 0.15) is 6.17 Å². The van der Waals surface area contributed by atoms with E-state index >= 15 is 0 Å². The summed E-state index contributed by atoms with van der Waals surface area (Å²) in [7, 11) is 1.76. The van der Waals surface area contributed by atoms with Gasteiger partial charge in [-0.05, 0) is 13.0 Å². The predicted octanol–water partition coefficient (Wildman–Crippen LogP) is 1.20. The molecule has 8 heavy (non-hydrogen) atoms. The van der Waals surface area contributed by atoms with E-state index in [9.17, 15) is 4.39 Å². The Balaban J connectivity index is 3.17. The van der Waals surface area contributed by atoms with Gasteiger partial charge >= 0.3 is 0 Å². The van der Waals surface area contributed by atoms with Gasteiger partial charge in [-0.15, -0.1) is 0 Å². The topological polar surface area (TPSA) is 12.0 Å². The maximum absolute atomic E-state index is 12.5. The van der Waals surface area contributed by atoms with Gasteiger partial charge in [0.15, 0.2) is 0 Å². The molecule has 0 aromatic heterocycles. The van der Waals surface area contributed by atoms with E-state index in [1.807, 2.05) is 13.8 Å². The average molecular weight is 119 g/mol. The molecule has 0 bridgehead atoms. The molecule has 0 rings (SSSR count). The Morgan fingerprint density at radius 1 is 1.50 bits per heavy atom. The Kier molecular flexibility index (Phi) is 3.79. The molecule has 0 fully saturated rings. The van der Waals surface area contributed by atoms with Gasteiger partial charge in [0.05, 0.1) is 0 Å². The van der Waals surface area contributed by atoms with E-state index < -0.39 is 6.17 Å². The van der Waals surface area contributed by atoms with Crippen molar-refractivity contribution in [1.29, 1.82) is 0 Å². The van der Waals surface area contributed by atoms with E-state index in [2.05, 4.69) is 5.32 Å². The second-order valence-electron chi connectivity index (χ2n) is 2.32. The second kappa shape index (κ2) is 3.84. The first-order chi connectivity index (χ1) is 3.68. The van der Waals surface area contributed by atoms with Crippen LogP contribution >= 0.6 is 0 Å². The van der Waals surface area contributed by atoms with Gasteiger partial charge in [-0.3, -0.25) is 0 Å². The van der Waals surface area contributed by atoms with Crippen molar-refractivity contribution in [3.05, 3.63) is 0 Å². The number of alkyl halides is 1. The van der Waals surface area contributed by atoms with E-state index in [0.717, 1.165) is 0 Å². The highest BCUT2D eigenvalue weighted by atomic mass is 19.1. The van der Waals surface area contributed by atoms with Crippen molar-refractivity contribution in [2.75, 3.05) is 13.6 Å². The molecule has 0 aliphatic heterocycles. The third-order valence-corrected chi connectivity index (χ3v) is 1.12. The lowest BCUT2D eigenvalue weighted by Gasteiger charge is -2.09. The SMILES string of the molecule is CNCC(F)C(C)C. The van der Waals surface area contributed by atoms with Crippen LogP contribution in [0.5, 0.6) is 0 Å². The van der Waals surface area contributed by atoms with E-state index in [-0.39, 0.29) is 5.92 Å². The lowest BCUT2D eigenvalue weighted by atomic mass is 10.1. The quantitative estimate of drug-likeness (QED) is 0.588. The Morgan fingerprint density at radius 3 is 2.12 bits per heavy atom. The van der Waals surface area contributed by atoms with E-state index in [1.54, 1.807) is 7.05 Å². The van der Waals surface area contributed by atoms with Crippen LogP contribution in [0.15, 0.2) is 0 Å². The fraction of sp³-hybridized carbons (Fsp3) is 1.00. The fourth-order valence-electron chi connectivity index (χ4n) is 0.431. The lowest BCUT2D eigenvalue weighted by Crippen LogP contribution is -2.24. The molecule has 0 radical (unpaired) electrons. The van der Waals surface area contributed by atoms with Crippen molar-refractivity contribution in [3.63, 3.8) is 0 Å². The van der Waals surface area contributed by atoms with Crippen LogP contribution in [0.3, 0.4) is 0 Å². The van der Waals surface area contributed by atoms with Gasteiger partial charge in [0, 0.05) is 6.54 Å². The van der Waals surface area contributed by atoms with Gasteiger partial charge in [-0.2, -0.15) is 0 Å². The van der Waals surface area contributed by atoms with Crippen molar-refractivity contribution in [2.45, 2.75) is 20.0 Å². The van der Waals surface area contributed by atoms with Crippen molar-refractivity contribution in [1.82, 2.24) is 5.32 Å². The molecular weight excluding hydrogens is 105 g/mol. The number of halogens is 1. The molecule has 1 nitrogen and oxygen atoms in total. The summed E-state index contributed by atoms with van der Waals surface area (Å²) in [5, 5.41) is 2.77. The molecular formula is C6H14FN. The van der Waals surface area contributed by atoms with Gasteiger partial charge in [0.2, 0.25) is 0 Å². The first kappa shape index (κ1) is 7.89. The third kappa shape index (κ3) is 2.97. The molecule has 0 aliphatic rings. The highest BCUT2D eigenvalue weighted by Gasteiger charge is 2.08. The first-order valence-corrected chi connectivity index (χ1v) is 2.97. The van der Waals surface area contributed by atoms with E-state index in [0.29, 0.717) is 6.54 Å². The minimum Gasteiger partial charge on any atom is -0.317 e. The van der Waals surface area contributed by atoms with Crippen LogP contribution in [0.25, 0.3) is 0 Å². The number of hydrogen-bond acceptors (Lipinski definition) is 1. The molecule has 0 spiro atoms.